The second-order valence-electron chi connectivity index (χ2n) is 8.22. The maximum absolute atomic E-state index is 10.4. The van der Waals surface area contributed by atoms with E-state index in [1.165, 1.54) is 19.3 Å². The fourth-order valence-electron chi connectivity index (χ4n) is 3.97. The topological polar surface area (TPSA) is 65.4 Å². The summed E-state index contributed by atoms with van der Waals surface area (Å²) < 4.78 is 13.4. The van der Waals surface area contributed by atoms with E-state index in [2.05, 4.69) is 60.2 Å². The van der Waals surface area contributed by atoms with Gasteiger partial charge in [-0.2, -0.15) is 5.10 Å². The van der Waals surface area contributed by atoms with Gasteiger partial charge in [-0.15, -0.1) is 0 Å². The minimum Gasteiger partial charge on any atom is -0.494 e. The maximum atomic E-state index is 10.4. The molecule has 0 radical (unpaired) electrons. The van der Waals surface area contributed by atoms with E-state index in [9.17, 15) is 4.79 Å². The Hall–Kier alpha value is -2.86. The quantitative estimate of drug-likeness (QED) is 0.267. The Bertz CT molecular complexity index is 999. The van der Waals surface area contributed by atoms with Crippen molar-refractivity contribution in [2.45, 2.75) is 58.6 Å². The first-order valence-electron chi connectivity index (χ1n) is 11.6. The van der Waals surface area contributed by atoms with Crippen molar-refractivity contribution in [3.63, 3.8) is 0 Å². The molecule has 0 aliphatic carbocycles. The molecule has 6 heteroatoms. The first-order chi connectivity index (χ1) is 15.7. The van der Waals surface area contributed by atoms with Crippen molar-refractivity contribution in [2.24, 2.45) is 0 Å². The van der Waals surface area contributed by atoms with E-state index in [0.717, 1.165) is 46.3 Å². The summed E-state index contributed by atoms with van der Waals surface area (Å²) in [7, 11) is 1.71. The van der Waals surface area contributed by atoms with E-state index >= 15 is 0 Å². The van der Waals surface area contributed by atoms with Crippen LogP contribution in [0.3, 0.4) is 0 Å². The van der Waals surface area contributed by atoms with Crippen molar-refractivity contribution in [1.29, 1.82) is 0 Å². The molecule has 1 heterocycles. The molecule has 32 heavy (non-hydrogen) atoms. The lowest BCUT2D eigenvalue weighted by Gasteiger charge is -2.13. The summed E-state index contributed by atoms with van der Waals surface area (Å²) in [6.07, 6.45) is 6.24. The van der Waals surface area contributed by atoms with Crippen molar-refractivity contribution in [1.82, 2.24) is 15.1 Å². The number of aromatic nitrogens is 2. The van der Waals surface area contributed by atoms with E-state index in [-0.39, 0.29) is 0 Å². The molecule has 0 saturated heterocycles. The van der Waals surface area contributed by atoms with Gasteiger partial charge in [0.25, 0.3) is 0 Å². The van der Waals surface area contributed by atoms with Crippen LogP contribution < -0.4 is 10.1 Å². The van der Waals surface area contributed by atoms with Gasteiger partial charge in [-0.05, 0) is 49.6 Å². The zero-order valence-electron chi connectivity index (χ0n) is 19.5. The molecule has 1 N–H and O–H groups in total. The smallest absolute Gasteiger partial charge is 0.207 e. The number of fused-ring (bicyclic) bond motifs is 1. The summed E-state index contributed by atoms with van der Waals surface area (Å²) in [6, 6.07) is 14.9. The number of unbranched alkanes of at least 4 members (excludes halogenated alkanes) is 2. The number of nitrogens with zero attached hydrogens (tertiary/aromatic N) is 2. The van der Waals surface area contributed by atoms with Crippen LogP contribution in [0, 0.1) is 0 Å². The SMILES string of the molecule is CCCCCC(C)n1nc(-c2cccc(COC)c2)c2cc(OCCCNC=O)ccc21. The highest BCUT2D eigenvalue weighted by Crippen LogP contribution is 2.34. The number of carbonyl (C=O) groups is 1. The molecule has 0 spiro atoms. The average molecular weight is 438 g/mol. The number of ether oxygens (including phenoxy) is 2. The van der Waals surface area contributed by atoms with Crippen LogP contribution in [0.2, 0.25) is 0 Å². The Morgan fingerprint density at radius 2 is 2.03 bits per heavy atom. The molecule has 0 aliphatic rings. The molecule has 0 bridgehead atoms. The van der Waals surface area contributed by atoms with E-state index < -0.39 is 0 Å². The molecule has 172 valence electrons. The molecular formula is C26H35N3O3. The monoisotopic (exact) mass is 437 g/mol. The lowest BCUT2D eigenvalue weighted by Crippen LogP contribution is -2.14. The van der Waals surface area contributed by atoms with Crippen LogP contribution in [0.25, 0.3) is 22.2 Å². The Morgan fingerprint density at radius 3 is 2.81 bits per heavy atom. The predicted molar refractivity (Wildman–Crippen MR) is 129 cm³/mol. The molecule has 0 fully saturated rings. The molecule has 0 aliphatic heterocycles. The summed E-state index contributed by atoms with van der Waals surface area (Å²) in [5, 5.41) is 8.82. The molecule has 1 unspecified atom stereocenters. The van der Waals surface area contributed by atoms with Crippen LogP contribution in [0.5, 0.6) is 5.75 Å². The number of hydrogen-bond donors (Lipinski definition) is 1. The Kier molecular flexibility index (Phi) is 9.11. The minimum atomic E-state index is 0.321. The number of hydrogen-bond acceptors (Lipinski definition) is 4. The largest absolute Gasteiger partial charge is 0.494 e. The number of carbonyl (C=O) groups excluding carboxylic acids is 1. The van der Waals surface area contributed by atoms with Crippen LogP contribution >= 0.6 is 0 Å². The van der Waals surface area contributed by atoms with Gasteiger partial charge in [0.15, 0.2) is 0 Å². The van der Waals surface area contributed by atoms with Gasteiger partial charge in [0.2, 0.25) is 6.41 Å². The van der Waals surface area contributed by atoms with Crippen LogP contribution in [0.4, 0.5) is 0 Å². The summed E-state index contributed by atoms with van der Waals surface area (Å²) in [4.78, 5) is 10.4. The fourth-order valence-corrected chi connectivity index (χ4v) is 3.97. The molecule has 1 aromatic heterocycles. The Balaban J connectivity index is 1.94. The molecule has 3 aromatic rings. The predicted octanol–water partition coefficient (Wildman–Crippen LogP) is 5.51. The summed E-state index contributed by atoms with van der Waals surface area (Å²) >= 11 is 0. The van der Waals surface area contributed by atoms with Crippen molar-refractivity contribution in [2.75, 3.05) is 20.3 Å². The fraction of sp³-hybridized carbons (Fsp3) is 0.462. The van der Waals surface area contributed by atoms with Gasteiger partial charge in [0, 0.05) is 30.6 Å². The van der Waals surface area contributed by atoms with E-state index in [1.807, 2.05) is 6.07 Å². The molecule has 3 rings (SSSR count). The molecular weight excluding hydrogens is 402 g/mol. The van der Waals surface area contributed by atoms with Gasteiger partial charge in [0.05, 0.1) is 18.7 Å². The van der Waals surface area contributed by atoms with Gasteiger partial charge in [0.1, 0.15) is 11.4 Å². The van der Waals surface area contributed by atoms with Crippen LogP contribution in [0.15, 0.2) is 42.5 Å². The number of benzene rings is 2. The van der Waals surface area contributed by atoms with Crippen LogP contribution in [-0.4, -0.2) is 36.5 Å². The molecule has 6 nitrogen and oxygen atoms in total. The van der Waals surface area contributed by atoms with Gasteiger partial charge in [-0.3, -0.25) is 9.48 Å². The van der Waals surface area contributed by atoms with E-state index in [4.69, 9.17) is 14.6 Å². The zero-order valence-corrected chi connectivity index (χ0v) is 19.5. The highest BCUT2D eigenvalue weighted by molar-refractivity contribution is 5.94. The maximum Gasteiger partial charge on any atom is 0.207 e. The highest BCUT2D eigenvalue weighted by Gasteiger charge is 2.17. The van der Waals surface area contributed by atoms with Crippen LogP contribution in [0.1, 0.15) is 57.6 Å². The van der Waals surface area contributed by atoms with E-state index in [1.54, 1.807) is 7.11 Å². The third-order valence-electron chi connectivity index (χ3n) is 5.65. The Morgan fingerprint density at radius 1 is 1.16 bits per heavy atom. The summed E-state index contributed by atoms with van der Waals surface area (Å²) in [6.45, 7) is 6.21. The first-order valence-corrected chi connectivity index (χ1v) is 11.6. The first kappa shape index (κ1) is 23.8. The normalized spacial score (nSPS) is 12.1. The minimum absolute atomic E-state index is 0.321. The highest BCUT2D eigenvalue weighted by atomic mass is 16.5. The molecule has 1 amide bonds. The standard InChI is InChI=1S/C26H35N3O3/c1-4-5-6-9-20(2)29-25-13-12-23(32-15-8-14-27-19-30)17-24(25)26(28-29)22-11-7-10-21(16-22)18-31-3/h7,10-13,16-17,19-20H,4-6,8-9,14-15,18H2,1-3H3,(H,27,30). The second-order valence-corrected chi connectivity index (χ2v) is 8.22. The molecule has 1 atom stereocenters. The van der Waals surface area contributed by atoms with Crippen molar-refractivity contribution in [3.05, 3.63) is 48.0 Å². The van der Waals surface area contributed by atoms with Gasteiger partial charge >= 0.3 is 0 Å². The number of methoxy groups -OCH3 is 1. The van der Waals surface area contributed by atoms with Gasteiger partial charge in [-0.1, -0.05) is 44.4 Å². The third-order valence-corrected chi connectivity index (χ3v) is 5.65. The van der Waals surface area contributed by atoms with Crippen LogP contribution in [-0.2, 0) is 16.1 Å². The number of amides is 1. The number of rotatable bonds is 14. The van der Waals surface area contributed by atoms with Crippen molar-refractivity contribution >= 4 is 17.3 Å². The third kappa shape index (κ3) is 6.10. The second kappa shape index (κ2) is 12.2. The summed E-state index contributed by atoms with van der Waals surface area (Å²) in [5.74, 6) is 0.816. The Labute approximate surface area is 190 Å². The van der Waals surface area contributed by atoms with E-state index in [0.29, 0.717) is 32.2 Å². The summed E-state index contributed by atoms with van der Waals surface area (Å²) in [5.41, 5.74) is 4.29. The lowest BCUT2D eigenvalue weighted by molar-refractivity contribution is -0.109. The zero-order chi connectivity index (χ0) is 22.8. The molecule has 2 aromatic carbocycles. The van der Waals surface area contributed by atoms with Crippen molar-refractivity contribution in [3.8, 4) is 17.0 Å². The average Bonchev–Trinajstić information content (AvgIpc) is 3.18. The number of nitrogens with one attached hydrogen (secondary N) is 1. The van der Waals surface area contributed by atoms with Crippen molar-refractivity contribution < 1.29 is 14.3 Å². The van der Waals surface area contributed by atoms with Gasteiger partial charge < -0.3 is 14.8 Å². The lowest BCUT2D eigenvalue weighted by atomic mass is 10.0. The molecule has 0 saturated carbocycles. The van der Waals surface area contributed by atoms with Gasteiger partial charge in [-0.25, -0.2) is 0 Å².